The smallest absolute Gasteiger partial charge is 0.352 e. The van der Waals surface area contributed by atoms with Crippen LogP contribution in [-0.2, 0) is 9.59 Å². The maximum Gasteiger partial charge on any atom is 0.352 e. The van der Waals surface area contributed by atoms with Crippen molar-refractivity contribution in [2.75, 3.05) is 0 Å². The normalized spacial score (nSPS) is 27.3. The van der Waals surface area contributed by atoms with Gasteiger partial charge in [-0.05, 0) is 12.8 Å². The molecule has 1 atom stereocenters. The van der Waals surface area contributed by atoms with E-state index < -0.39 is 5.97 Å². The Hall–Kier alpha value is -1.32. The highest BCUT2D eigenvalue weighted by Crippen LogP contribution is 2.32. The summed E-state index contributed by atoms with van der Waals surface area (Å²) in [6.45, 7) is 0. The SMILES string of the molecule is O=C(O)C1=CCC[C@H]2CC(=O)N12. The molecule has 0 saturated carbocycles. The lowest BCUT2D eigenvalue weighted by Crippen LogP contribution is -2.54. The molecule has 0 radical (unpaired) electrons. The minimum absolute atomic E-state index is 0.0617. The van der Waals surface area contributed by atoms with Crippen LogP contribution < -0.4 is 0 Å². The van der Waals surface area contributed by atoms with Crippen LogP contribution in [0.15, 0.2) is 11.8 Å². The zero-order valence-electron chi connectivity index (χ0n) is 6.49. The molecule has 64 valence electrons. The minimum Gasteiger partial charge on any atom is -0.477 e. The van der Waals surface area contributed by atoms with Gasteiger partial charge in [0, 0.05) is 12.5 Å². The van der Waals surface area contributed by atoms with Crippen molar-refractivity contribution >= 4 is 11.9 Å². The van der Waals surface area contributed by atoms with Gasteiger partial charge in [-0.3, -0.25) is 4.79 Å². The van der Waals surface area contributed by atoms with Gasteiger partial charge in [-0.2, -0.15) is 0 Å². The minimum atomic E-state index is -0.993. The van der Waals surface area contributed by atoms with Crippen LogP contribution in [0.3, 0.4) is 0 Å². The standard InChI is InChI=1S/C8H9NO3/c10-7-4-5-2-1-3-6(8(11)12)9(5)7/h3,5H,1-2,4H2,(H,11,12)/t5-/m0/s1. The van der Waals surface area contributed by atoms with Crippen LogP contribution in [0.1, 0.15) is 19.3 Å². The maximum atomic E-state index is 11.0. The highest BCUT2D eigenvalue weighted by molar-refractivity contribution is 5.96. The quantitative estimate of drug-likeness (QED) is 0.573. The number of β-lactam (4-membered cyclic amide) rings is 1. The van der Waals surface area contributed by atoms with Crippen molar-refractivity contribution < 1.29 is 14.7 Å². The molecule has 2 rings (SSSR count). The number of carbonyl (C=O) groups is 2. The molecule has 4 heteroatoms. The Morgan fingerprint density at radius 2 is 2.42 bits per heavy atom. The van der Waals surface area contributed by atoms with E-state index in [-0.39, 0.29) is 17.6 Å². The largest absolute Gasteiger partial charge is 0.477 e. The Morgan fingerprint density at radius 3 is 2.92 bits per heavy atom. The van der Waals surface area contributed by atoms with Crippen molar-refractivity contribution in [3.8, 4) is 0 Å². The van der Waals surface area contributed by atoms with Crippen LogP contribution in [0.4, 0.5) is 0 Å². The van der Waals surface area contributed by atoms with Gasteiger partial charge >= 0.3 is 5.97 Å². The van der Waals surface area contributed by atoms with E-state index in [0.29, 0.717) is 6.42 Å². The Labute approximate surface area is 69.5 Å². The molecule has 4 nitrogen and oxygen atoms in total. The topological polar surface area (TPSA) is 57.6 Å². The second kappa shape index (κ2) is 2.33. The number of aliphatic carboxylic acids is 1. The van der Waals surface area contributed by atoms with E-state index in [0.717, 1.165) is 12.8 Å². The molecule has 2 heterocycles. The summed E-state index contributed by atoms with van der Waals surface area (Å²) in [5.41, 5.74) is 0.169. The number of nitrogens with zero attached hydrogens (tertiary/aromatic N) is 1. The first-order valence-electron chi connectivity index (χ1n) is 3.95. The number of fused-ring (bicyclic) bond motifs is 1. The van der Waals surface area contributed by atoms with Gasteiger partial charge in [0.1, 0.15) is 5.70 Å². The molecule has 1 saturated heterocycles. The predicted octanol–water partition coefficient (Wildman–Crippen LogP) is 0.350. The fraction of sp³-hybridized carbons (Fsp3) is 0.500. The maximum absolute atomic E-state index is 11.0. The molecule has 0 aromatic carbocycles. The van der Waals surface area contributed by atoms with Crippen molar-refractivity contribution in [1.29, 1.82) is 0 Å². The van der Waals surface area contributed by atoms with Crippen LogP contribution in [0.5, 0.6) is 0 Å². The van der Waals surface area contributed by atoms with Gasteiger partial charge in [-0.25, -0.2) is 4.79 Å². The summed E-state index contributed by atoms with van der Waals surface area (Å²) in [6, 6.07) is 0.161. The monoisotopic (exact) mass is 167 g/mol. The summed E-state index contributed by atoms with van der Waals surface area (Å²) in [7, 11) is 0. The molecular formula is C8H9NO3. The average molecular weight is 167 g/mol. The third kappa shape index (κ3) is 0.841. The van der Waals surface area contributed by atoms with Crippen molar-refractivity contribution in [1.82, 2.24) is 4.90 Å². The van der Waals surface area contributed by atoms with E-state index in [1.807, 2.05) is 0 Å². The molecular weight excluding hydrogens is 158 g/mol. The van der Waals surface area contributed by atoms with Crippen molar-refractivity contribution in [2.45, 2.75) is 25.3 Å². The van der Waals surface area contributed by atoms with Gasteiger partial charge in [0.05, 0.1) is 0 Å². The van der Waals surface area contributed by atoms with Gasteiger partial charge in [0.25, 0.3) is 0 Å². The van der Waals surface area contributed by atoms with Crippen molar-refractivity contribution in [2.24, 2.45) is 0 Å². The van der Waals surface area contributed by atoms with Crippen LogP contribution >= 0.6 is 0 Å². The molecule has 2 aliphatic heterocycles. The van der Waals surface area contributed by atoms with Crippen molar-refractivity contribution in [3.63, 3.8) is 0 Å². The first-order valence-corrected chi connectivity index (χ1v) is 3.95. The number of amides is 1. The Balaban J connectivity index is 2.26. The third-order valence-corrected chi connectivity index (χ3v) is 2.36. The lowest BCUT2D eigenvalue weighted by molar-refractivity contribution is -0.150. The highest BCUT2D eigenvalue weighted by Gasteiger charge is 2.41. The molecule has 0 aromatic rings. The zero-order valence-corrected chi connectivity index (χ0v) is 6.49. The Bertz CT molecular complexity index is 282. The summed E-state index contributed by atoms with van der Waals surface area (Å²) >= 11 is 0. The molecule has 2 aliphatic rings. The molecule has 0 bridgehead atoms. The summed E-state index contributed by atoms with van der Waals surface area (Å²) in [6.07, 6.45) is 3.82. The predicted molar refractivity (Wildman–Crippen MR) is 40.2 cm³/mol. The number of rotatable bonds is 1. The average Bonchev–Trinajstić information content (AvgIpc) is 2.01. The van der Waals surface area contributed by atoms with E-state index in [1.54, 1.807) is 6.08 Å². The van der Waals surface area contributed by atoms with Gasteiger partial charge in [0.15, 0.2) is 0 Å². The summed E-state index contributed by atoms with van der Waals surface area (Å²) in [5.74, 6) is -1.05. The Kier molecular flexibility index (Phi) is 1.43. The number of carbonyl (C=O) groups excluding carboxylic acids is 1. The van der Waals surface area contributed by atoms with Gasteiger partial charge in [-0.1, -0.05) is 6.08 Å². The lowest BCUT2D eigenvalue weighted by atomic mass is 9.92. The first-order chi connectivity index (χ1) is 5.70. The van der Waals surface area contributed by atoms with Crippen LogP contribution in [0.2, 0.25) is 0 Å². The number of carboxylic acid groups (broad SMARTS) is 1. The zero-order chi connectivity index (χ0) is 8.72. The summed E-state index contributed by atoms with van der Waals surface area (Å²) in [5, 5.41) is 8.72. The van der Waals surface area contributed by atoms with E-state index in [1.165, 1.54) is 4.90 Å². The lowest BCUT2D eigenvalue weighted by Gasteiger charge is -2.42. The van der Waals surface area contributed by atoms with E-state index >= 15 is 0 Å². The highest BCUT2D eigenvalue weighted by atomic mass is 16.4. The molecule has 1 amide bonds. The van der Waals surface area contributed by atoms with E-state index in [2.05, 4.69) is 0 Å². The van der Waals surface area contributed by atoms with E-state index in [9.17, 15) is 9.59 Å². The number of hydrogen-bond acceptors (Lipinski definition) is 2. The molecule has 0 aliphatic carbocycles. The number of carboxylic acids is 1. The fourth-order valence-corrected chi connectivity index (χ4v) is 1.75. The van der Waals surface area contributed by atoms with Crippen LogP contribution in [-0.4, -0.2) is 27.9 Å². The summed E-state index contributed by atoms with van der Waals surface area (Å²) < 4.78 is 0. The van der Waals surface area contributed by atoms with Crippen LogP contribution in [0.25, 0.3) is 0 Å². The van der Waals surface area contributed by atoms with Crippen LogP contribution in [0, 0.1) is 0 Å². The molecule has 0 unspecified atom stereocenters. The Morgan fingerprint density at radius 1 is 1.67 bits per heavy atom. The summed E-state index contributed by atoms with van der Waals surface area (Å²) in [4.78, 5) is 23.0. The second-order valence-electron chi connectivity index (χ2n) is 3.09. The van der Waals surface area contributed by atoms with Gasteiger partial charge in [-0.15, -0.1) is 0 Å². The molecule has 0 aromatic heterocycles. The fourth-order valence-electron chi connectivity index (χ4n) is 1.75. The van der Waals surface area contributed by atoms with Gasteiger partial charge in [0.2, 0.25) is 5.91 Å². The van der Waals surface area contributed by atoms with Crippen molar-refractivity contribution in [3.05, 3.63) is 11.8 Å². The third-order valence-electron chi connectivity index (χ3n) is 2.36. The molecule has 12 heavy (non-hydrogen) atoms. The molecule has 0 spiro atoms. The first kappa shape index (κ1) is 7.34. The number of hydrogen-bond donors (Lipinski definition) is 1. The second-order valence-corrected chi connectivity index (χ2v) is 3.09. The van der Waals surface area contributed by atoms with Gasteiger partial charge < -0.3 is 10.0 Å². The molecule has 1 N–H and O–H groups in total. The number of allylic oxidation sites excluding steroid dienone is 1. The van der Waals surface area contributed by atoms with E-state index in [4.69, 9.17) is 5.11 Å². The molecule has 1 fully saturated rings.